The summed E-state index contributed by atoms with van der Waals surface area (Å²) in [7, 11) is 2.07. The molecule has 1 N–H and O–H groups in total. The summed E-state index contributed by atoms with van der Waals surface area (Å²) in [6.07, 6.45) is 2.62. The summed E-state index contributed by atoms with van der Waals surface area (Å²) in [4.78, 5) is 26.1. The number of aromatic nitrogens is 2. The van der Waals surface area contributed by atoms with Crippen LogP contribution in [0.1, 0.15) is 37.6 Å². The summed E-state index contributed by atoms with van der Waals surface area (Å²) in [6, 6.07) is 8.05. The molecule has 1 aliphatic heterocycles. The number of fused-ring (bicyclic) bond motifs is 1. The molecule has 1 amide bonds. The second-order valence-corrected chi connectivity index (χ2v) is 8.46. The Bertz CT molecular complexity index is 1070. The van der Waals surface area contributed by atoms with Crippen LogP contribution in [0.2, 0.25) is 0 Å². The lowest BCUT2D eigenvalue weighted by atomic mass is 10.1. The number of oxazole rings is 1. The van der Waals surface area contributed by atoms with Crippen molar-refractivity contribution >= 4 is 23.0 Å². The van der Waals surface area contributed by atoms with Gasteiger partial charge in [0.05, 0.1) is 17.4 Å². The molecule has 0 spiro atoms. The van der Waals surface area contributed by atoms with E-state index in [1.807, 2.05) is 43.0 Å². The maximum absolute atomic E-state index is 12.8. The van der Waals surface area contributed by atoms with Crippen molar-refractivity contribution in [1.29, 1.82) is 0 Å². The second-order valence-electron chi connectivity index (χ2n) is 8.46. The van der Waals surface area contributed by atoms with Crippen LogP contribution in [0, 0.1) is 0 Å². The number of amides is 1. The molecule has 0 radical (unpaired) electrons. The molecular formula is C24H31N5O3. The van der Waals surface area contributed by atoms with Gasteiger partial charge in [0.2, 0.25) is 0 Å². The predicted octanol–water partition coefficient (Wildman–Crippen LogP) is 3.89. The Labute approximate surface area is 188 Å². The number of piperazine rings is 1. The number of hydrogen-bond donors (Lipinski definition) is 1. The molecule has 8 heteroatoms. The Morgan fingerprint density at radius 1 is 1.22 bits per heavy atom. The quantitative estimate of drug-likeness (QED) is 0.600. The van der Waals surface area contributed by atoms with Gasteiger partial charge in [0, 0.05) is 44.5 Å². The van der Waals surface area contributed by atoms with Gasteiger partial charge in [0.15, 0.2) is 11.3 Å². The summed E-state index contributed by atoms with van der Waals surface area (Å²) in [5, 5.41) is 3.18. The molecule has 1 fully saturated rings. The van der Waals surface area contributed by atoms with E-state index >= 15 is 0 Å². The first-order valence-corrected chi connectivity index (χ1v) is 11.2. The van der Waals surface area contributed by atoms with Crippen molar-refractivity contribution in [3.05, 3.63) is 36.0 Å². The molecule has 1 saturated heterocycles. The molecule has 4 rings (SSSR count). The van der Waals surface area contributed by atoms with Gasteiger partial charge in [-0.05, 0) is 51.6 Å². The number of benzene rings is 1. The summed E-state index contributed by atoms with van der Waals surface area (Å²) in [5.74, 6) is 0.656. The largest absolute Gasteiger partial charge is 0.487 e. The van der Waals surface area contributed by atoms with Gasteiger partial charge < -0.3 is 24.3 Å². The van der Waals surface area contributed by atoms with E-state index in [-0.39, 0.29) is 12.0 Å². The van der Waals surface area contributed by atoms with Gasteiger partial charge in [-0.2, -0.15) is 4.98 Å². The van der Waals surface area contributed by atoms with Crippen molar-refractivity contribution < 1.29 is 13.9 Å². The first-order valence-electron chi connectivity index (χ1n) is 11.2. The highest BCUT2D eigenvalue weighted by atomic mass is 16.5. The Hall–Kier alpha value is -3.13. The number of carbonyl (C=O) groups is 1. The average Bonchev–Trinajstić information content (AvgIpc) is 3.21. The van der Waals surface area contributed by atoms with E-state index in [1.54, 1.807) is 6.20 Å². The number of anilines is 1. The molecule has 3 aromatic rings. The lowest BCUT2D eigenvalue weighted by Crippen LogP contribution is -2.47. The van der Waals surface area contributed by atoms with Crippen LogP contribution in [0.4, 0.5) is 6.01 Å². The highest BCUT2D eigenvalue weighted by Gasteiger charge is 2.21. The van der Waals surface area contributed by atoms with Gasteiger partial charge in [0.25, 0.3) is 11.9 Å². The number of pyridine rings is 1. The van der Waals surface area contributed by atoms with Crippen LogP contribution in [-0.4, -0.2) is 71.6 Å². The van der Waals surface area contributed by atoms with Crippen molar-refractivity contribution in [3.63, 3.8) is 0 Å². The van der Waals surface area contributed by atoms with E-state index in [0.29, 0.717) is 28.4 Å². The molecule has 0 saturated carbocycles. The van der Waals surface area contributed by atoms with Gasteiger partial charge in [-0.25, -0.2) is 0 Å². The molecule has 32 heavy (non-hydrogen) atoms. The number of nitrogens with one attached hydrogen (secondary N) is 1. The minimum Gasteiger partial charge on any atom is -0.487 e. The van der Waals surface area contributed by atoms with E-state index in [4.69, 9.17) is 9.15 Å². The standard InChI is InChI=1S/C24H31N5O3/c1-5-8-25-24-27-20-13-18(14-21(22(20)32-24)31-16(2)3)19-7-6-17(15-26-19)23(30)29-11-9-28(4)10-12-29/h6-7,13-16H,5,8-12H2,1-4H3,(H,25,27). The molecule has 3 heterocycles. The van der Waals surface area contributed by atoms with Crippen LogP contribution in [-0.2, 0) is 0 Å². The topological polar surface area (TPSA) is 83.7 Å². The van der Waals surface area contributed by atoms with Crippen LogP contribution >= 0.6 is 0 Å². The third kappa shape index (κ3) is 4.85. The van der Waals surface area contributed by atoms with Gasteiger partial charge >= 0.3 is 0 Å². The van der Waals surface area contributed by atoms with Crippen LogP contribution < -0.4 is 10.1 Å². The first kappa shape index (κ1) is 22.1. The highest BCUT2D eigenvalue weighted by molar-refractivity contribution is 5.94. The Morgan fingerprint density at radius 2 is 2.00 bits per heavy atom. The van der Waals surface area contributed by atoms with E-state index < -0.39 is 0 Å². The monoisotopic (exact) mass is 437 g/mol. The van der Waals surface area contributed by atoms with Crippen molar-refractivity contribution in [2.45, 2.75) is 33.3 Å². The summed E-state index contributed by atoms with van der Waals surface area (Å²) >= 11 is 0. The Kier molecular flexibility index (Phi) is 6.60. The van der Waals surface area contributed by atoms with Gasteiger partial charge in [-0.15, -0.1) is 0 Å². The van der Waals surface area contributed by atoms with E-state index in [1.165, 1.54) is 0 Å². The van der Waals surface area contributed by atoms with Crippen LogP contribution in [0.5, 0.6) is 5.75 Å². The number of nitrogens with zero attached hydrogens (tertiary/aromatic N) is 4. The van der Waals surface area contributed by atoms with E-state index in [0.717, 1.165) is 50.4 Å². The van der Waals surface area contributed by atoms with Crippen LogP contribution in [0.3, 0.4) is 0 Å². The smallest absolute Gasteiger partial charge is 0.295 e. The minimum atomic E-state index is -0.0119. The lowest BCUT2D eigenvalue weighted by molar-refractivity contribution is 0.0663. The lowest BCUT2D eigenvalue weighted by Gasteiger charge is -2.32. The molecule has 0 unspecified atom stereocenters. The number of ether oxygens (including phenoxy) is 1. The second kappa shape index (κ2) is 9.56. The van der Waals surface area contributed by atoms with E-state index in [2.05, 4.69) is 34.2 Å². The predicted molar refractivity (Wildman–Crippen MR) is 125 cm³/mol. The molecule has 2 aromatic heterocycles. The fourth-order valence-electron chi connectivity index (χ4n) is 3.68. The number of hydrogen-bond acceptors (Lipinski definition) is 7. The fraction of sp³-hybridized carbons (Fsp3) is 0.458. The van der Waals surface area contributed by atoms with Crippen LogP contribution in [0.15, 0.2) is 34.9 Å². The molecule has 1 aromatic carbocycles. The molecule has 0 atom stereocenters. The molecule has 0 bridgehead atoms. The molecule has 0 aliphatic carbocycles. The number of likely N-dealkylation sites (N-methyl/N-ethyl adjacent to an activating group) is 1. The molecular weight excluding hydrogens is 406 g/mol. The fourth-order valence-corrected chi connectivity index (χ4v) is 3.68. The van der Waals surface area contributed by atoms with Crippen molar-refractivity contribution in [3.8, 4) is 17.0 Å². The first-order chi connectivity index (χ1) is 15.4. The van der Waals surface area contributed by atoms with Crippen LogP contribution in [0.25, 0.3) is 22.4 Å². The summed E-state index contributed by atoms with van der Waals surface area (Å²) in [5.41, 5.74) is 3.54. The molecule has 1 aliphatic rings. The van der Waals surface area contributed by atoms with Crippen molar-refractivity contribution in [1.82, 2.24) is 19.8 Å². The normalized spacial score (nSPS) is 14.8. The maximum Gasteiger partial charge on any atom is 0.295 e. The van der Waals surface area contributed by atoms with Gasteiger partial charge in [-0.1, -0.05) is 6.92 Å². The highest BCUT2D eigenvalue weighted by Crippen LogP contribution is 2.34. The zero-order valence-corrected chi connectivity index (χ0v) is 19.2. The third-order valence-electron chi connectivity index (χ3n) is 5.44. The average molecular weight is 438 g/mol. The summed E-state index contributed by atoms with van der Waals surface area (Å²) in [6.45, 7) is 10.1. The Balaban J connectivity index is 1.61. The SMILES string of the molecule is CCCNc1nc2cc(-c3ccc(C(=O)N4CCN(C)CC4)cn3)cc(OC(C)C)c2o1. The van der Waals surface area contributed by atoms with Crippen molar-refractivity contribution in [2.24, 2.45) is 0 Å². The van der Waals surface area contributed by atoms with Crippen molar-refractivity contribution in [2.75, 3.05) is 45.1 Å². The zero-order chi connectivity index (χ0) is 22.7. The maximum atomic E-state index is 12.8. The van der Waals surface area contributed by atoms with Gasteiger partial charge in [0.1, 0.15) is 5.52 Å². The number of carbonyl (C=O) groups excluding carboxylic acids is 1. The zero-order valence-electron chi connectivity index (χ0n) is 19.2. The van der Waals surface area contributed by atoms with Gasteiger partial charge in [-0.3, -0.25) is 9.78 Å². The molecule has 170 valence electrons. The summed E-state index contributed by atoms with van der Waals surface area (Å²) < 4.78 is 11.9. The number of rotatable bonds is 7. The van der Waals surface area contributed by atoms with E-state index in [9.17, 15) is 4.79 Å². The molecule has 8 nitrogen and oxygen atoms in total. The Morgan fingerprint density at radius 3 is 2.66 bits per heavy atom. The third-order valence-corrected chi connectivity index (χ3v) is 5.44. The minimum absolute atomic E-state index is 0.0119.